The number of quaternary nitrogens is 1. The summed E-state index contributed by atoms with van der Waals surface area (Å²) in [6.07, 6.45) is 2.23. The third-order valence-corrected chi connectivity index (χ3v) is 6.01. The average molecular weight is 480 g/mol. The van der Waals surface area contributed by atoms with E-state index in [1.807, 2.05) is 31.4 Å². The number of nitrogens with zero attached hydrogens (tertiary/aromatic N) is 4. The number of fused-ring (bicyclic) bond motifs is 1. The van der Waals surface area contributed by atoms with Crippen LogP contribution in [0.3, 0.4) is 0 Å². The Morgan fingerprint density at radius 3 is 2.76 bits per heavy atom. The Hall–Kier alpha value is -3.60. The molecule has 1 atom stereocenters. The van der Waals surface area contributed by atoms with Crippen LogP contribution in [0.25, 0.3) is 16.9 Å². The number of ether oxygens (including phenoxy) is 1. The molecule has 1 unspecified atom stereocenters. The van der Waals surface area contributed by atoms with Gasteiger partial charge < -0.3 is 9.94 Å². The molecule has 34 heavy (non-hydrogen) atoms. The van der Waals surface area contributed by atoms with Crippen molar-refractivity contribution in [3.05, 3.63) is 75.9 Å². The molecule has 0 aliphatic carbocycles. The number of carbonyl (C=O) groups is 2. The molecule has 10 heteroatoms. The summed E-state index contributed by atoms with van der Waals surface area (Å²) < 4.78 is 5.41. The molecule has 4 rings (SSSR count). The van der Waals surface area contributed by atoms with E-state index in [4.69, 9.17) is 4.74 Å². The van der Waals surface area contributed by atoms with Gasteiger partial charge in [0.2, 0.25) is 5.78 Å². The molecule has 0 fully saturated rings. The highest BCUT2D eigenvalue weighted by molar-refractivity contribution is 7.12. The second-order valence-corrected chi connectivity index (χ2v) is 9.10. The van der Waals surface area contributed by atoms with Gasteiger partial charge in [0.25, 0.3) is 0 Å². The lowest BCUT2D eigenvalue weighted by Crippen LogP contribution is -2.52. The van der Waals surface area contributed by atoms with E-state index in [0.29, 0.717) is 27.5 Å². The summed E-state index contributed by atoms with van der Waals surface area (Å²) in [6.45, 7) is 5.54. The van der Waals surface area contributed by atoms with Crippen molar-refractivity contribution >= 4 is 34.5 Å². The molecule has 1 amide bonds. The molecule has 176 valence electrons. The Balaban J connectivity index is 1.64. The van der Waals surface area contributed by atoms with Crippen molar-refractivity contribution < 1.29 is 19.1 Å². The van der Waals surface area contributed by atoms with Gasteiger partial charge in [0.15, 0.2) is 5.65 Å². The number of carbonyl (C=O) groups excluding carboxylic acids is 2. The van der Waals surface area contributed by atoms with Crippen molar-refractivity contribution in [1.29, 1.82) is 0 Å². The summed E-state index contributed by atoms with van der Waals surface area (Å²) in [6, 6.07) is 12.4. The van der Waals surface area contributed by atoms with Crippen molar-refractivity contribution in [3.8, 4) is 11.3 Å². The van der Waals surface area contributed by atoms with Crippen LogP contribution in [-0.2, 0) is 4.74 Å². The summed E-state index contributed by atoms with van der Waals surface area (Å²) in [5, 5.41) is 19.3. The summed E-state index contributed by atoms with van der Waals surface area (Å²) in [5.41, 5.74) is 5.45. The van der Waals surface area contributed by atoms with E-state index in [-0.39, 0.29) is 24.9 Å². The van der Waals surface area contributed by atoms with Crippen LogP contribution in [-0.4, -0.2) is 44.4 Å². The van der Waals surface area contributed by atoms with Gasteiger partial charge >= 0.3 is 6.09 Å². The normalized spacial score (nSPS) is 13.1. The highest BCUT2D eigenvalue weighted by Crippen LogP contribution is 2.26. The van der Waals surface area contributed by atoms with Crippen molar-refractivity contribution in [3.63, 3.8) is 0 Å². The molecule has 0 aliphatic rings. The summed E-state index contributed by atoms with van der Waals surface area (Å²) in [4.78, 5) is 30.3. The standard InChI is InChI=1S/C24H25N5O4S/c1-4-29(32,24(31)33-15-16(2)3)27-18-8-5-7-17(13-18)20-10-11-25-23-19(14-26-28(20)23)22(30)21-9-6-12-34-21/h5-14,16,27H,4,15H2,1-3H3. The van der Waals surface area contributed by atoms with Crippen molar-refractivity contribution in [2.75, 3.05) is 18.6 Å². The third kappa shape index (κ3) is 4.69. The van der Waals surface area contributed by atoms with Gasteiger partial charge in [0.1, 0.15) is 6.54 Å². The van der Waals surface area contributed by atoms with Gasteiger partial charge in [-0.05, 0) is 42.5 Å². The zero-order valence-electron chi connectivity index (χ0n) is 19.1. The predicted octanol–water partition coefficient (Wildman–Crippen LogP) is 5.14. The van der Waals surface area contributed by atoms with Crippen molar-refractivity contribution in [2.45, 2.75) is 20.8 Å². The summed E-state index contributed by atoms with van der Waals surface area (Å²) in [5.74, 6) is -0.0151. The fraction of sp³-hybridized carbons (Fsp3) is 0.250. The van der Waals surface area contributed by atoms with E-state index >= 15 is 0 Å². The zero-order valence-corrected chi connectivity index (χ0v) is 19.9. The van der Waals surface area contributed by atoms with E-state index < -0.39 is 10.8 Å². The van der Waals surface area contributed by atoms with Gasteiger partial charge in [-0.1, -0.05) is 32.0 Å². The molecule has 0 aliphatic heterocycles. The largest absolute Gasteiger partial charge is 0.596 e. The molecular formula is C24H25N5O4S. The number of aromatic nitrogens is 3. The van der Waals surface area contributed by atoms with Crippen LogP contribution in [0.15, 0.2) is 60.2 Å². The van der Waals surface area contributed by atoms with Gasteiger partial charge in [0, 0.05) is 11.8 Å². The molecule has 0 saturated carbocycles. The van der Waals surface area contributed by atoms with Gasteiger partial charge in [-0.15, -0.1) is 11.3 Å². The fourth-order valence-corrected chi connectivity index (χ4v) is 4.04. The first-order chi connectivity index (χ1) is 16.3. The van der Waals surface area contributed by atoms with E-state index in [1.54, 1.807) is 48.0 Å². The average Bonchev–Trinajstić information content (AvgIpc) is 3.52. The van der Waals surface area contributed by atoms with Crippen LogP contribution in [0.4, 0.5) is 10.5 Å². The van der Waals surface area contributed by atoms with Crippen molar-refractivity contribution in [2.24, 2.45) is 5.92 Å². The van der Waals surface area contributed by atoms with Crippen LogP contribution in [0.1, 0.15) is 36.0 Å². The van der Waals surface area contributed by atoms with Crippen LogP contribution in [0, 0.1) is 11.1 Å². The number of anilines is 1. The third-order valence-electron chi connectivity index (χ3n) is 5.14. The van der Waals surface area contributed by atoms with Crippen molar-refractivity contribution in [1.82, 2.24) is 14.6 Å². The molecule has 4 aromatic rings. The molecular weight excluding hydrogens is 454 g/mol. The minimum Gasteiger partial charge on any atom is -0.596 e. The molecule has 0 radical (unpaired) electrons. The fourth-order valence-electron chi connectivity index (χ4n) is 3.36. The smallest absolute Gasteiger partial charge is 0.541 e. The van der Waals surface area contributed by atoms with Crippen LogP contribution >= 0.6 is 11.3 Å². The lowest BCUT2D eigenvalue weighted by molar-refractivity contribution is -0.782. The Morgan fingerprint density at radius 1 is 1.24 bits per heavy atom. The molecule has 3 aromatic heterocycles. The number of hydrogen-bond donors (Lipinski definition) is 1. The van der Waals surface area contributed by atoms with Gasteiger partial charge in [0.05, 0.1) is 34.6 Å². The summed E-state index contributed by atoms with van der Waals surface area (Å²) >= 11 is 1.36. The highest BCUT2D eigenvalue weighted by atomic mass is 32.1. The summed E-state index contributed by atoms with van der Waals surface area (Å²) in [7, 11) is 0. The van der Waals surface area contributed by atoms with Crippen LogP contribution in [0.2, 0.25) is 0 Å². The molecule has 9 nitrogen and oxygen atoms in total. The first-order valence-corrected chi connectivity index (χ1v) is 11.8. The number of hydrogen-bond acceptors (Lipinski definition) is 8. The molecule has 1 N–H and O–H groups in total. The topological polar surface area (TPSA) is 109 Å². The Bertz CT molecular complexity index is 1320. The minimum atomic E-state index is -1.34. The maximum Gasteiger partial charge on any atom is 0.541 e. The number of ketones is 1. The van der Waals surface area contributed by atoms with Gasteiger partial charge in [-0.2, -0.15) is 14.6 Å². The van der Waals surface area contributed by atoms with E-state index in [2.05, 4.69) is 15.5 Å². The van der Waals surface area contributed by atoms with Crippen LogP contribution in [0.5, 0.6) is 0 Å². The number of thiophene rings is 1. The van der Waals surface area contributed by atoms with E-state index in [0.717, 1.165) is 5.56 Å². The van der Waals surface area contributed by atoms with Crippen LogP contribution < -0.4 is 5.43 Å². The molecule has 1 aromatic carbocycles. The van der Waals surface area contributed by atoms with Gasteiger partial charge in [-0.25, -0.2) is 14.9 Å². The zero-order chi connectivity index (χ0) is 24.3. The quantitative estimate of drug-likeness (QED) is 0.212. The molecule has 0 bridgehead atoms. The second kappa shape index (κ2) is 9.72. The molecule has 0 spiro atoms. The molecule has 3 heterocycles. The molecule has 0 saturated heterocycles. The number of rotatable bonds is 8. The SMILES string of the molecule is CC[N+]([O-])(Nc1cccc(-c2ccnc3c(C(=O)c4cccs4)cnn23)c1)C(=O)OCC(C)C. The minimum absolute atomic E-state index is 0.0476. The number of hydroxylamine groups is 2. The van der Waals surface area contributed by atoms with E-state index in [9.17, 15) is 14.8 Å². The first kappa shape index (κ1) is 23.6. The maximum atomic E-state index is 13.1. The highest BCUT2D eigenvalue weighted by Gasteiger charge is 2.29. The number of benzene rings is 1. The monoisotopic (exact) mass is 479 g/mol. The maximum absolute atomic E-state index is 13.1. The predicted molar refractivity (Wildman–Crippen MR) is 130 cm³/mol. The van der Waals surface area contributed by atoms with Gasteiger partial charge in [-0.3, -0.25) is 4.79 Å². The Labute approximate surface area is 200 Å². The first-order valence-electron chi connectivity index (χ1n) is 10.9. The number of amides is 1. The lowest BCUT2D eigenvalue weighted by Gasteiger charge is -2.36. The second-order valence-electron chi connectivity index (χ2n) is 8.15. The Morgan fingerprint density at radius 2 is 2.06 bits per heavy atom. The Kier molecular flexibility index (Phi) is 6.73. The lowest BCUT2D eigenvalue weighted by atomic mass is 10.1. The number of nitrogens with one attached hydrogen (secondary N) is 1. The van der Waals surface area contributed by atoms with E-state index in [1.165, 1.54) is 17.5 Å².